The SMILES string of the molecule is C1=CC2=C(CC1)C(c1cc(-c3nc(-c4ccc5ccccc5c4)nc(-n4c5ccccc5c5ccccc54)n3)c3c(c1)oc1c4ccccc4ccc13)CCc1cc3ccccc3cc12. The predicted octanol–water partition coefficient (Wildman–Crippen LogP) is 15.5. The first-order valence-corrected chi connectivity index (χ1v) is 22.7. The molecule has 3 aromatic heterocycles. The Morgan fingerprint density at radius 3 is 1.97 bits per heavy atom. The summed E-state index contributed by atoms with van der Waals surface area (Å²) >= 11 is 0. The van der Waals surface area contributed by atoms with Crippen molar-refractivity contribution in [2.75, 3.05) is 0 Å². The number of aromatic nitrogens is 4. The van der Waals surface area contributed by atoms with Gasteiger partial charge in [-0.2, -0.15) is 9.97 Å². The lowest BCUT2D eigenvalue weighted by Gasteiger charge is -2.24. The van der Waals surface area contributed by atoms with Crippen molar-refractivity contribution in [3.8, 4) is 28.7 Å². The fourth-order valence-corrected chi connectivity index (χ4v) is 11.1. The molecule has 12 aromatic rings. The molecule has 1 atom stereocenters. The van der Waals surface area contributed by atoms with E-state index < -0.39 is 0 Å². The lowest BCUT2D eigenvalue weighted by molar-refractivity contribution is 0.662. The second-order valence-electron chi connectivity index (χ2n) is 17.7. The summed E-state index contributed by atoms with van der Waals surface area (Å²) in [5.41, 5.74) is 12.5. The Morgan fingerprint density at radius 2 is 1.17 bits per heavy atom. The first-order valence-electron chi connectivity index (χ1n) is 22.7. The Labute approximate surface area is 374 Å². The summed E-state index contributed by atoms with van der Waals surface area (Å²) in [6.07, 6.45) is 8.73. The van der Waals surface area contributed by atoms with E-state index in [-0.39, 0.29) is 5.92 Å². The molecule has 1 unspecified atom stereocenters. The number of para-hydroxylation sites is 2. The largest absolute Gasteiger partial charge is 0.455 e. The van der Waals surface area contributed by atoms with E-state index in [2.05, 4.69) is 193 Å². The van der Waals surface area contributed by atoms with Gasteiger partial charge < -0.3 is 4.42 Å². The smallest absolute Gasteiger partial charge is 0.238 e. The van der Waals surface area contributed by atoms with E-state index >= 15 is 0 Å². The molecule has 14 rings (SSSR count). The molecular weight excluding hydrogens is 793 g/mol. The fourth-order valence-electron chi connectivity index (χ4n) is 11.1. The van der Waals surface area contributed by atoms with Gasteiger partial charge in [0.25, 0.3) is 0 Å². The van der Waals surface area contributed by atoms with Gasteiger partial charge in [0.15, 0.2) is 11.6 Å². The highest BCUT2D eigenvalue weighted by Crippen LogP contribution is 2.48. The lowest BCUT2D eigenvalue weighted by Crippen LogP contribution is -2.08. The minimum absolute atomic E-state index is 0.164. The molecule has 9 aromatic carbocycles. The number of nitrogens with zero attached hydrogens (tertiary/aromatic N) is 4. The zero-order valence-corrected chi connectivity index (χ0v) is 35.5. The molecule has 2 aliphatic carbocycles. The van der Waals surface area contributed by atoms with E-state index in [1.807, 2.05) is 0 Å². The van der Waals surface area contributed by atoms with Crippen LogP contribution in [0.15, 0.2) is 198 Å². The molecule has 306 valence electrons. The molecule has 65 heavy (non-hydrogen) atoms. The fraction of sp³-hybridized carbons (Fsp3) is 0.0833. The first-order chi connectivity index (χ1) is 32.2. The number of furan rings is 1. The van der Waals surface area contributed by atoms with Crippen LogP contribution in [0, 0.1) is 0 Å². The standard InChI is InChI=1S/C60H40N4O/c1-2-15-38-32-42(26-25-36(38)13-1)58-61-59(63-60(62-58)64-53-23-11-9-21-48(53)49-22-10-12-24-54(49)64)52-34-43(35-55-56(52)50-30-27-37-14-5-6-18-45(37)57(50)65-55)44-29-28-41-31-39-16-3-4-17-40(39)33-51(41)47-20-8-7-19-46(44)47/h1-6,8-18,20-27,30-35,44H,7,19,28-29H2. The zero-order valence-electron chi connectivity index (χ0n) is 35.5. The van der Waals surface area contributed by atoms with Crippen LogP contribution in [0.25, 0.3) is 110 Å². The van der Waals surface area contributed by atoms with Gasteiger partial charge in [0.1, 0.15) is 11.2 Å². The molecule has 3 heterocycles. The average molecular weight is 833 g/mol. The molecule has 0 radical (unpaired) electrons. The lowest BCUT2D eigenvalue weighted by atomic mass is 9.80. The maximum absolute atomic E-state index is 7.12. The number of hydrogen-bond acceptors (Lipinski definition) is 4. The van der Waals surface area contributed by atoms with Crippen LogP contribution in [0.2, 0.25) is 0 Å². The van der Waals surface area contributed by atoms with Crippen LogP contribution >= 0.6 is 0 Å². The summed E-state index contributed by atoms with van der Waals surface area (Å²) in [4.78, 5) is 16.4. The topological polar surface area (TPSA) is 56.7 Å². The van der Waals surface area contributed by atoms with Crippen LogP contribution in [0.3, 0.4) is 0 Å². The van der Waals surface area contributed by atoms with E-state index in [9.17, 15) is 0 Å². The van der Waals surface area contributed by atoms with Gasteiger partial charge in [-0.3, -0.25) is 4.57 Å². The van der Waals surface area contributed by atoms with Crippen molar-refractivity contribution < 1.29 is 4.42 Å². The number of benzene rings is 9. The van der Waals surface area contributed by atoms with Crippen LogP contribution in [-0.2, 0) is 6.42 Å². The van der Waals surface area contributed by atoms with Crippen molar-refractivity contribution in [1.82, 2.24) is 19.5 Å². The van der Waals surface area contributed by atoms with Crippen LogP contribution in [0.1, 0.15) is 41.9 Å². The van der Waals surface area contributed by atoms with E-state index in [1.54, 1.807) is 0 Å². The molecule has 2 aliphatic rings. The second-order valence-corrected chi connectivity index (χ2v) is 17.7. The Bertz CT molecular complexity index is 3980. The second kappa shape index (κ2) is 14.2. The van der Waals surface area contributed by atoms with Crippen LogP contribution in [0.5, 0.6) is 0 Å². The van der Waals surface area contributed by atoms with Crippen molar-refractivity contribution in [3.05, 3.63) is 210 Å². The Balaban J connectivity index is 1.06. The van der Waals surface area contributed by atoms with E-state index in [0.29, 0.717) is 17.6 Å². The van der Waals surface area contributed by atoms with Crippen LogP contribution < -0.4 is 0 Å². The molecule has 0 fully saturated rings. The number of aryl methyl sites for hydroxylation is 1. The minimum atomic E-state index is 0.164. The van der Waals surface area contributed by atoms with Gasteiger partial charge >= 0.3 is 0 Å². The Hall–Kier alpha value is -8.15. The maximum Gasteiger partial charge on any atom is 0.238 e. The van der Waals surface area contributed by atoms with Crippen molar-refractivity contribution >= 4 is 81.6 Å². The van der Waals surface area contributed by atoms with Gasteiger partial charge in [0.2, 0.25) is 5.95 Å². The molecule has 0 spiro atoms. The zero-order chi connectivity index (χ0) is 42.6. The van der Waals surface area contributed by atoms with E-state index in [0.717, 1.165) is 96.7 Å². The van der Waals surface area contributed by atoms with Gasteiger partial charge in [-0.25, -0.2) is 4.98 Å². The third-order valence-electron chi connectivity index (χ3n) is 14.1. The minimum Gasteiger partial charge on any atom is -0.455 e. The maximum atomic E-state index is 7.12. The normalized spacial score (nSPS) is 15.2. The molecule has 0 aliphatic heterocycles. The number of rotatable bonds is 4. The monoisotopic (exact) mass is 832 g/mol. The molecule has 0 N–H and O–H groups in total. The highest BCUT2D eigenvalue weighted by Gasteiger charge is 2.29. The van der Waals surface area contributed by atoms with Gasteiger partial charge in [-0.05, 0) is 117 Å². The van der Waals surface area contributed by atoms with Crippen LogP contribution in [-0.4, -0.2) is 19.5 Å². The summed E-state index contributed by atoms with van der Waals surface area (Å²) in [7, 11) is 0. The number of hydrogen-bond donors (Lipinski definition) is 0. The number of allylic oxidation sites excluding steroid dienone is 4. The van der Waals surface area contributed by atoms with Crippen molar-refractivity contribution in [2.45, 2.75) is 31.6 Å². The quantitative estimate of drug-likeness (QED) is 0.177. The molecular formula is C60H40N4O. The Morgan fingerprint density at radius 1 is 0.508 bits per heavy atom. The van der Waals surface area contributed by atoms with Crippen LogP contribution in [0.4, 0.5) is 0 Å². The summed E-state index contributed by atoms with van der Waals surface area (Å²) in [5, 5.41) is 11.5. The van der Waals surface area contributed by atoms with Crippen molar-refractivity contribution in [2.24, 2.45) is 0 Å². The predicted molar refractivity (Wildman–Crippen MR) is 268 cm³/mol. The van der Waals surface area contributed by atoms with Gasteiger partial charge in [0.05, 0.1) is 11.0 Å². The van der Waals surface area contributed by atoms with E-state index in [4.69, 9.17) is 19.4 Å². The third-order valence-corrected chi connectivity index (χ3v) is 14.1. The highest BCUT2D eigenvalue weighted by molar-refractivity contribution is 6.19. The summed E-state index contributed by atoms with van der Waals surface area (Å²) in [6, 6.07) is 63.3. The van der Waals surface area contributed by atoms with Gasteiger partial charge in [-0.1, -0.05) is 151 Å². The van der Waals surface area contributed by atoms with Gasteiger partial charge in [-0.15, -0.1) is 0 Å². The molecule has 0 saturated heterocycles. The van der Waals surface area contributed by atoms with Crippen molar-refractivity contribution in [3.63, 3.8) is 0 Å². The summed E-state index contributed by atoms with van der Waals surface area (Å²) in [6.45, 7) is 0. The summed E-state index contributed by atoms with van der Waals surface area (Å²) < 4.78 is 9.32. The van der Waals surface area contributed by atoms with Gasteiger partial charge in [0, 0.05) is 44.0 Å². The first kappa shape index (κ1) is 36.3. The number of fused-ring (bicyclic) bond motifs is 12. The van der Waals surface area contributed by atoms with E-state index in [1.165, 1.54) is 44.0 Å². The Kier molecular flexibility index (Phi) is 7.93. The molecule has 5 nitrogen and oxygen atoms in total. The highest BCUT2D eigenvalue weighted by atomic mass is 16.3. The molecule has 0 bridgehead atoms. The molecule has 0 amide bonds. The summed E-state index contributed by atoms with van der Waals surface area (Å²) in [5.74, 6) is 1.97. The molecule has 0 saturated carbocycles. The third kappa shape index (κ3) is 5.68. The molecule has 5 heteroatoms. The average Bonchev–Trinajstić information content (AvgIpc) is 3.87. The van der Waals surface area contributed by atoms with Crippen molar-refractivity contribution in [1.29, 1.82) is 0 Å².